The van der Waals surface area contributed by atoms with Crippen LogP contribution >= 0.6 is 0 Å². The van der Waals surface area contributed by atoms with E-state index < -0.39 is 17.9 Å². The van der Waals surface area contributed by atoms with Crippen molar-refractivity contribution < 1.29 is 28.6 Å². The standard InChI is InChI=1S/C28H36N2O6/c1-18(2)22-10-11-25(33-3)23(17-22)20-8-6-19(7-9-20)16-24(28(32)34-4)29-27(31)26(30-35-5)21-12-14-36-15-13-21/h6-11,17-18,21,24H,12-16H2,1-5H3,(H,29,31)/t24-/m0/s1. The largest absolute Gasteiger partial charge is 0.496 e. The number of hydrogen-bond donors (Lipinski definition) is 1. The van der Waals surface area contributed by atoms with E-state index in [-0.39, 0.29) is 18.1 Å². The average molecular weight is 497 g/mol. The second kappa shape index (κ2) is 13.1. The van der Waals surface area contributed by atoms with Crippen LogP contribution in [0.25, 0.3) is 11.1 Å². The van der Waals surface area contributed by atoms with Gasteiger partial charge in [-0.2, -0.15) is 0 Å². The van der Waals surface area contributed by atoms with E-state index in [4.69, 9.17) is 19.0 Å². The quantitative estimate of drug-likeness (QED) is 0.302. The van der Waals surface area contributed by atoms with Crippen molar-refractivity contribution in [3.63, 3.8) is 0 Å². The number of amides is 1. The maximum absolute atomic E-state index is 13.1. The molecule has 0 spiro atoms. The number of esters is 1. The molecule has 1 heterocycles. The maximum atomic E-state index is 13.1. The Morgan fingerprint density at radius 3 is 2.33 bits per heavy atom. The van der Waals surface area contributed by atoms with Crippen LogP contribution in [0.1, 0.15) is 43.7 Å². The van der Waals surface area contributed by atoms with Gasteiger partial charge in [0.25, 0.3) is 5.91 Å². The molecule has 0 aromatic heterocycles. The fourth-order valence-corrected chi connectivity index (χ4v) is 4.30. The van der Waals surface area contributed by atoms with Crippen LogP contribution in [0.2, 0.25) is 0 Å². The number of methoxy groups -OCH3 is 2. The molecule has 2 aromatic carbocycles. The lowest BCUT2D eigenvalue weighted by molar-refractivity contribution is -0.144. The smallest absolute Gasteiger partial charge is 0.328 e. The first-order chi connectivity index (χ1) is 17.4. The molecule has 0 saturated carbocycles. The van der Waals surface area contributed by atoms with Gasteiger partial charge >= 0.3 is 5.97 Å². The fourth-order valence-electron chi connectivity index (χ4n) is 4.30. The highest BCUT2D eigenvalue weighted by molar-refractivity contribution is 6.39. The summed E-state index contributed by atoms with van der Waals surface area (Å²) < 4.78 is 15.9. The molecule has 3 rings (SSSR count). The summed E-state index contributed by atoms with van der Waals surface area (Å²) in [7, 11) is 4.37. The number of nitrogens with one attached hydrogen (secondary N) is 1. The molecule has 0 radical (unpaired) electrons. The van der Waals surface area contributed by atoms with E-state index in [1.807, 2.05) is 30.3 Å². The minimum atomic E-state index is -0.867. The monoisotopic (exact) mass is 496 g/mol. The van der Waals surface area contributed by atoms with Gasteiger partial charge in [0, 0.05) is 31.1 Å². The number of rotatable bonds is 10. The minimum Gasteiger partial charge on any atom is -0.496 e. The Morgan fingerprint density at radius 2 is 1.75 bits per heavy atom. The van der Waals surface area contributed by atoms with Gasteiger partial charge in [-0.05, 0) is 47.6 Å². The van der Waals surface area contributed by atoms with Crippen molar-refractivity contribution in [3.8, 4) is 16.9 Å². The lowest BCUT2D eigenvalue weighted by Crippen LogP contribution is -2.47. The van der Waals surface area contributed by atoms with Crippen molar-refractivity contribution in [1.29, 1.82) is 0 Å². The number of carbonyl (C=O) groups excluding carboxylic acids is 2. The summed E-state index contributed by atoms with van der Waals surface area (Å²) in [5.41, 5.74) is 4.38. The molecule has 0 bridgehead atoms. The molecule has 0 aliphatic carbocycles. The third kappa shape index (κ3) is 6.85. The number of ether oxygens (including phenoxy) is 3. The number of oxime groups is 1. The van der Waals surface area contributed by atoms with Gasteiger partial charge in [0.05, 0.1) is 14.2 Å². The van der Waals surface area contributed by atoms with E-state index in [0.717, 1.165) is 22.4 Å². The Balaban J connectivity index is 1.78. The zero-order valence-electron chi connectivity index (χ0n) is 21.7. The molecule has 1 amide bonds. The van der Waals surface area contributed by atoms with Gasteiger partial charge < -0.3 is 24.4 Å². The maximum Gasteiger partial charge on any atom is 0.328 e. The van der Waals surface area contributed by atoms with Crippen LogP contribution in [-0.2, 0) is 30.3 Å². The predicted octanol–water partition coefficient (Wildman–Crippen LogP) is 4.11. The van der Waals surface area contributed by atoms with Gasteiger partial charge in [0.15, 0.2) is 0 Å². The van der Waals surface area contributed by atoms with Crippen LogP contribution in [0.5, 0.6) is 5.75 Å². The van der Waals surface area contributed by atoms with Gasteiger partial charge in [-0.3, -0.25) is 4.79 Å². The topological polar surface area (TPSA) is 95.5 Å². The van der Waals surface area contributed by atoms with Crippen LogP contribution in [0.15, 0.2) is 47.6 Å². The highest BCUT2D eigenvalue weighted by atomic mass is 16.6. The SMILES string of the molecule is CON=C(C(=O)N[C@@H](Cc1ccc(-c2cc(C(C)C)ccc2OC)cc1)C(=O)OC)C1CCOCC1. The van der Waals surface area contributed by atoms with Crippen LogP contribution in [-0.4, -0.2) is 58.2 Å². The Hall–Kier alpha value is -3.39. The molecule has 0 unspecified atom stereocenters. The molecule has 1 saturated heterocycles. The number of nitrogens with zero attached hydrogens (tertiary/aromatic N) is 1. The molecule has 1 aliphatic rings. The van der Waals surface area contributed by atoms with Crippen LogP contribution in [0.3, 0.4) is 0 Å². The summed E-state index contributed by atoms with van der Waals surface area (Å²) in [4.78, 5) is 30.5. The zero-order valence-corrected chi connectivity index (χ0v) is 21.7. The summed E-state index contributed by atoms with van der Waals surface area (Å²) in [5.74, 6) is 0.136. The zero-order chi connectivity index (χ0) is 26.1. The van der Waals surface area contributed by atoms with Crippen LogP contribution in [0.4, 0.5) is 0 Å². The Bertz CT molecular complexity index is 1060. The lowest BCUT2D eigenvalue weighted by Gasteiger charge is -2.24. The van der Waals surface area contributed by atoms with Crippen molar-refractivity contribution in [2.75, 3.05) is 34.5 Å². The molecule has 36 heavy (non-hydrogen) atoms. The first-order valence-electron chi connectivity index (χ1n) is 12.2. The van der Waals surface area contributed by atoms with Crippen molar-refractivity contribution in [2.24, 2.45) is 11.1 Å². The first kappa shape index (κ1) is 27.2. The molecule has 1 fully saturated rings. The fraction of sp³-hybridized carbons (Fsp3) is 0.464. The van der Waals surface area contributed by atoms with Gasteiger partial charge in [-0.1, -0.05) is 49.3 Å². The number of benzene rings is 2. The third-order valence-electron chi connectivity index (χ3n) is 6.42. The summed E-state index contributed by atoms with van der Waals surface area (Å²) in [6.45, 7) is 5.41. The second-order valence-electron chi connectivity index (χ2n) is 9.11. The van der Waals surface area contributed by atoms with E-state index in [0.29, 0.717) is 32.0 Å². The Kier molecular flexibility index (Phi) is 9.87. The van der Waals surface area contributed by atoms with E-state index in [1.54, 1.807) is 7.11 Å². The highest BCUT2D eigenvalue weighted by Gasteiger charge is 2.30. The minimum absolute atomic E-state index is 0.0899. The number of hydrogen-bond acceptors (Lipinski definition) is 7. The summed E-state index contributed by atoms with van der Waals surface area (Å²) in [6, 6.07) is 13.2. The summed E-state index contributed by atoms with van der Waals surface area (Å²) >= 11 is 0. The van der Waals surface area contributed by atoms with Gasteiger partial charge in [-0.25, -0.2) is 4.79 Å². The summed E-state index contributed by atoms with van der Waals surface area (Å²) in [6.07, 6.45) is 1.61. The second-order valence-corrected chi connectivity index (χ2v) is 9.11. The van der Waals surface area contributed by atoms with Crippen LogP contribution in [0, 0.1) is 5.92 Å². The van der Waals surface area contributed by atoms with E-state index in [9.17, 15) is 9.59 Å². The molecular formula is C28H36N2O6. The van der Waals surface area contributed by atoms with Gasteiger partial charge in [0.1, 0.15) is 24.6 Å². The molecule has 1 atom stereocenters. The van der Waals surface area contributed by atoms with E-state index in [1.165, 1.54) is 19.8 Å². The van der Waals surface area contributed by atoms with Crippen molar-refractivity contribution in [3.05, 3.63) is 53.6 Å². The van der Waals surface area contributed by atoms with Crippen molar-refractivity contribution in [1.82, 2.24) is 5.32 Å². The molecular weight excluding hydrogens is 460 g/mol. The van der Waals surface area contributed by atoms with Crippen LogP contribution < -0.4 is 10.1 Å². The normalized spacial score (nSPS) is 15.3. The molecule has 8 nitrogen and oxygen atoms in total. The summed E-state index contributed by atoms with van der Waals surface area (Å²) in [5, 5.41) is 6.76. The average Bonchev–Trinajstić information content (AvgIpc) is 2.91. The van der Waals surface area contributed by atoms with Gasteiger partial charge in [-0.15, -0.1) is 0 Å². The highest BCUT2D eigenvalue weighted by Crippen LogP contribution is 2.33. The molecule has 1 aliphatic heterocycles. The van der Waals surface area contributed by atoms with Crippen molar-refractivity contribution >= 4 is 17.6 Å². The van der Waals surface area contributed by atoms with Gasteiger partial charge in [0.2, 0.25) is 0 Å². The van der Waals surface area contributed by atoms with Crippen molar-refractivity contribution in [2.45, 2.75) is 45.1 Å². The van der Waals surface area contributed by atoms with E-state index >= 15 is 0 Å². The Morgan fingerprint density at radius 1 is 1.06 bits per heavy atom. The number of carbonyl (C=O) groups is 2. The first-order valence-corrected chi connectivity index (χ1v) is 12.2. The van der Waals surface area contributed by atoms with E-state index in [2.05, 4.69) is 36.5 Å². The molecule has 2 aromatic rings. The molecule has 1 N–H and O–H groups in total. The predicted molar refractivity (Wildman–Crippen MR) is 138 cm³/mol. The molecule has 8 heteroatoms. The third-order valence-corrected chi connectivity index (χ3v) is 6.42. The Labute approximate surface area is 212 Å². The lowest BCUT2D eigenvalue weighted by atomic mass is 9.93. The molecule has 194 valence electrons.